The summed E-state index contributed by atoms with van der Waals surface area (Å²) in [5, 5.41) is 12.2. The third-order valence-corrected chi connectivity index (χ3v) is 3.54. The molecule has 1 aromatic carbocycles. The maximum absolute atomic E-state index is 10.9. The molecule has 1 fully saturated rings. The normalized spacial score (nSPS) is 15.6. The number of hydrogen-bond donors (Lipinski definition) is 2. The van der Waals surface area contributed by atoms with E-state index in [4.69, 9.17) is 9.84 Å². The molecular formula is C15H21NO3. The molecule has 0 radical (unpaired) electrons. The fraction of sp³-hybridized carbons (Fsp3) is 0.533. The van der Waals surface area contributed by atoms with Gasteiger partial charge in [-0.2, -0.15) is 0 Å². The van der Waals surface area contributed by atoms with E-state index in [0.29, 0.717) is 18.3 Å². The highest BCUT2D eigenvalue weighted by molar-refractivity contribution is 5.89. The van der Waals surface area contributed by atoms with Gasteiger partial charge in [0.2, 0.25) is 0 Å². The summed E-state index contributed by atoms with van der Waals surface area (Å²) in [7, 11) is 0. The summed E-state index contributed by atoms with van der Waals surface area (Å²) in [6, 6.07) is 5.29. The molecule has 0 saturated heterocycles. The molecule has 1 aliphatic rings. The molecule has 0 aliphatic heterocycles. The van der Waals surface area contributed by atoms with E-state index in [1.54, 1.807) is 12.1 Å². The van der Waals surface area contributed by atoms with E-state index >= 15 is 0 Å². The molecule has 2 rings (SSSR count). The lowest BCUT2D eigenvalue weighted by Gasteiger charge is -2.12. The average Bonchev–Trinajstić information content (AvgIpc) is 2.87. The highest BCUT2D eigenvalue weighted by Crippen LogP contribution is 2.20. The third-order valence-electron chi connectivity index (χ3n) is 3.54. The van der Waals surface area contributed by atoms with Crippen LogP contribution >= 0.6 is 0 Å². The Morgan fingerprint density at radius 2 is 2.16 bits per heavy atom. The van der Waals surface area contributed by atoms with Crippen LogP contribution in [0.4, 0.5) is 5.69 Å². The van der Waals surface area contributed by atoms with Crippen LogP contribution < -0.4 is 5.32 Å². The van der Waals surface area contributed by atoms with Gasteiger partial charge in [-0.3, -0.25) is 0 Å². The van der Waals surface area contributed by atoms with Crippen molar-refractivity contribution in [2.45, 2.75) is 38.7 Å². The zero-order valence-electron chi connectivity index (χ0n) is 11.3. The molecule has 0 amide bonds. The fourth-order valence-electron chi connectivity index (χ4n) is 2.49. The summed E-state index contributed by atoms with van der Waals surface area (Å²) >= 11 is 0. The van der Waals surface area contributed by atoms with Crippen LogP contribution in [0.25, 0.3) is 0 Å². The van der Waals surface area contributed by atoms with Gasteiger partial charge in [0.05, 0.1) is 18.3 Å². The molecule has 0 heterocycles. The van der Waals surface area contributed by atoms with Crippen molar-refractivity contribution in [3.05, 3.63) is 29.3 Å². The molecule has 0 bridgehead atoms. The van der Waals surface area contributed by atoms with Crippen LogP contribution in [0, 0.1) is 6.92 Å². The minimum atomic E-state index is -0.881. The Hall–Kier alpha value is -1.55. The molecular weight excluding hydrogens is 242 g/mol. The first-order valence-corrected chi connectivity index (χ1v) is 6.86. The van der Waals surface area contributed by atoms with Crippen molar-refractivity contribution in [3.63, 3.8) is 0 Å². The van der Waals surface area contributed by atoms with Gasteiger partial charge in [-0.15, -0.1) is 0 Å². The fourth-order valence-corrected chi connectivity index (χ4v) is 2.49. The van der Waals surface area contributed by atoms with Gasteiger partial charge in [-0.25, -0.2) is 4.79 Å². The number of nitrogens with one attached hydrogen (secondary N) is 1. The quantitative estimate of drug-likeness (QED) is 0.774. The number of carboxylic acid groups (broad SMARTS) is 1. The van der Waals surface area contributed by atoms with E-state index in [0.717, 1.165) is 17.8 Å². The number of rotatable bonds is 6. The van der Waals surface area contributed by atoms with Gasteiger partial charge >= 0.3 is 5.97 Å². The number of ether oxygens (including phenoxy) is 1. The molecule has 0 atom stereocenters. The zero-order chi connectivity index (χ0) is 13.7. The second kappa shape index (κ2) is 6.57. The van der Waals surface area contributed by atoms with Gasteiger partial charge in [0, 0.05) is 12.2 Å². The second-order valence-corrected chi connectivity index (χ2v) is 5.04. The number of aromatic carboxylic acids is 1. The summed E-state index contributed by atoms with van der Waals surface area (Å²) in [5.41, 5.74) is 2.07. The number of aryl methyl sites for hydroxylation is 1. The number of carbonyl (C=O) groups is 1. The monoisotopic (exact) mass is 263 g/mol. The lowest BCUT2D eigenvalue weighted by molar-refractivity contribution is 0.0658. The van der Waals surface area contributed by atoms with Crippen LogP contribution in [0.2, 0.25) is 0 Å². The average molecular weight is 263 g/mol. The summed E-state index contributed by atoms with van der Waals surface area (Å²) in [4.78, 5) is 10.9. The molecule has 4 nitrogen and oxygen atoms in total. The predicted octanol–water partition coefficient (Wildman–Crippen LogP) is 3.06. The lowest BCUT2D eigenvalue weighted by atomic mass is 10.1. The largest absolute Gasteiger partial charge is 0.478 e. The maximum atomic E-state index is 10.9. The molecule has 1 aliphatic carbocycles. The second-order valence-electron chi connectivity index (χ2n) is 5.04. The topological polar surface area (TPSA) is 58.6 Å². The molecule has 1 saturated carbocycles. The first-order valence-electron chi connectivity index (χ1n) is 6.86. The Labute approximate surface area is 113 Å². The zero-order valence-corrected chi connectivity index (χ0v) is 11.3. The Kier molecular flexibility index (Phi) is 4.80. The molecule has 19 heavy (non-hydrogen) atoms. The van der Waals surface area contributed by atoms with Crippen LogP contribution in [0.15, 0.2) is 18.2 Å². The van der Waals surface area contributed by atoms with Crippen molar-refractivity contribution in [2.75, 3.05) is 18.5 Å². The van der Waals surface area contributed by atoms with Crippen LogP contribution in [0.5, 0.6) is 0 Å². The van der Waals surface area contributed by atoms with E-state index in [9.17, 15) is 4.79 Å². The van der Waals surface area contributed by atoms with Gasteiger partial charge < -0.3 is 15.2 Å². The van der Waals surface area contributed by atoms with Crippen LogP contribution in [0.1, 0.15) is 41.6 Å². The molecule has 4 heteroatoms. The van der Waals surface area contributed by atoms with Crippen LogP contribution in [0.3, 0.4) is 0 Å². The van der Waals surface area contributed by atoms with Gasteiger partial charge in [0.15, 0.2) is 0 Å². The lowest BCUT2D eigenvalue weighted by Crippen LogP contribution is -2.15. The van der Waals surface area contributed by atoms with E-state index in [-0.39, 0.29) is 0 Å². The molecule has 0 spiro atoms. The van der Waals surface area contributed by atoms with Crippen molar-refractivity contribution in [2.24, 2.45) is 0 Å². The molecule has 0 aromatic heterocycles. The summed E-state index contributed by atoms with van der Waals surface area (Å²) in [6.07, 6.45) is 5.39. The minimum absolute atomic E-state index is 0.354. The number of hydrogen-bond acceptors (Lipinski definition) is 3. The Bertz CT molecular complexity index is 439. The Balaban J connectivity index is 1.76. The number of benzene rings is 1. The van der Waals surface area contributed by atoms with Crippen molar-refractivity contribution in [1.29, 1.82) is 0 Å². The number of anilines is 1. The minimum Gasteiger partial charge on any atom is -0.478 e. The summed E-state index contributed by atoms with van der Waals surface area (Å²) < 4.78 is 5.76. The Morgan fingerprint density at radius 1 is 1.42 bits per heavy atom. The van der Waals surface area contributed by atoms with Gasteiger partial charge in [0.1, 0.15) is 0 Å². The van der Waals surface area contributed by atoms with Crippen molar-refractivity contribution >= 4 is 11.7 Å². The predicted molar refractivity (Wildman–Crippen MR) is 74.8 cm³/mol. The van der Waals surface area contributed by atoms with Crippen LogP contribution in [-0.2, 0) is 4.74 Å². The van der Waals surface area contributed by atoms with Gasteiger partial charge in [0.25, 0.3) is 0 Å². The SMILES string of the molecule is Cc1cc(NCCOC2CCCC2)ccc1C(=O)O. The van der Waals surface area contributed by atoms with E-state index in [1.807, 2.05) is 13.0 Å². The molecule has 104 valence electrons. The van der Waals surface area contributed by atoms with Crippen molar-refractivity contribution < 1.29 is 14.6 Å². The first-order chi connectivity index (χ1) is 9.16. The molecule has 2 N–H and O–H groups in total. The highest BCUT2D eigenvalue weighted by Gasteiger charge is 2.14. The van der Waals surface area contributed by atoms with E-state index in [1.165, 1.54) is 25.7 Å². The van der Waals surface area contributed by atoms with Gasteiger partial charge in [-0.05, 0) is 43.5 Å². The third kappa shape index (κ3) is 3.96. The maximum Gasteiger partial charge on any atom is 0.335 e. The standard InChI is InChI=1S/C15H21NO3/c1-11-10-12(6-7-14(11)15(17)18)16-8-9-19-13-4-2-3-5-13/h6-7,10,13,16H,2-5,8-9H2,1H3,(H,17,18). The van der Waals surface area contributed by atoms with Gasteiger partial charge in [-0.1, -0.05) is 12.8 Å². The van der Waals surface area contributed by atoms with Crippen molar-refractivity contribution in [1.82, 2.24) is 0 Å². The summed E-state index contributed by atoms with van der Waals surface area (Å²) in [5.74, 6) is -0.881. The summed E-state index contributed by atoms with van der Waals surface area (Å²) in [6.45, 7) is 3.26. The highest BCUT2D eigenvalue weighted by atomic mass is 16.5. The Morgan fingerprint density at radius 3 is 2.79 bits per heavy atom. The van der Waals surface area contributed by atoms with E-state index < -0.39 is 5.97 Å². The van der Waals surface area contributed by atoms with E-state index in [2.05, 4.69) is 5.32 Å². The smallest absolute Gasteiger partial charge is 0.335 e. The van der Waals surface area contributed by atoms with Crippen LogP contribution in [-0.4, -0.2) is 30.3 Å². The molecule has 1 aromatic rings. The molecule has 0 unspecified atom stereocenters. The van der Waals surface area contributed by atoms with Crippen molar-refractivity contribution in [3.8, 4) is 0 Å². The first kappa shape index (κ1) is 13.9. The number of carboxylic acids is 1.